The van der Waals surface area contributed by atoms with Gasteiger partial charge in [-0.2, -0.15) is 0 Å². The second-order valence-electron chi connectivity index (χ2n) is 5.48. The first kappa shape index (κ1) is 13.4. The highest BCUT2D eigenvalue weighted by atomic mass is 16.5. The Morgan fingerprint density at radius 3 is 2.72 bits per heavy atom. The van der Waals surface area contributed by atoms with Crippen molar-refractivity contribution < 1.29 is 4.74 Å². The molecule has 1 saturated carbocycles. The molecule has 0 amide bonds. The number of unbranched alkanes of at least 4 members (excludes halogenated alkanes) is 1. The van der Waals surface area contributed by atoms with Crippen molar-refractivity contribution in [2.24, 2.45) is 0 Å². The highest BCUT2D eigenvalue weighted by molar-refractivity contribution is 5.35. The molecule has 0 radical (unpaired) electrons. The van der Waals surface area contributed by atoms with E-state index in [0.717, 1.165) is 31.4 Å². The van der Waals surface area contributed by atoms with Gasteiger partial charge in [0.05, 0.1) is 6.61 Å². The number of nitrogens with one attached hydrogen (secondary N) is 1. The van der Waals surface area contributed by atoms with E-state index in [1.54, 1.807) is 0 Å². The Morgan fingerprint density at radius 1 is 1.22 bits per heavy atom. The molecule has 0 bridgehead atoms. The second kappa shape index (κ2) is 6.79. The van der Waals surface area contributed by atoms with Crippen LogP contribution in [0.15, 0.2) is 24.3 Å². The fourth-order valence-electron chi connectivity index (χ4n) is 2.09. The number of para-hydroxylation sites is 1. The maximum atomic E-state index is 5.89. The third kappa shape index (κ3) is 4.34. The van der Waals surface area contributed by atoms with Crippen molar-refractivity contribution in [2.45, 2.75) is 51.5 Å². The van der Waals surface area contributed by atoms with Crippen molar-refractivity contribution in [3.8, 4) is 5.75 Å². The van der Waals surface area contributed by atoms with E-state index in [9.17, 15) is 0 Å². The Labute approximate surface area is 111 Å². The van der Waals surface area contributed by atoms with Crippen LogP contribution in [0.4, 0.5) is 0 Å². The summed E-state index contributed by atoms with van der Waals surface area (Å²) in [6.07, 6.45) is 5.09. The average Bonchev–Trinajstić information content (AvgIpc) is 3.18. The Balaban J connectivity index is 1.65. The summed E-state index contributed by atoms with van der Waals surface area (Å²) in [6, 6.07) is 9.21. The van der Waals surface area contributed by atoms with Gasteiger partial charge in [-0.1, -0.05) is 32.0 Å². The minimum Gasteiger partial charge on any atom is -0.493 e. The van der Waals surface area contributed by atoms with Gasteiger partial charge in [0.2, 0.25) is 0 Å². The molecule has 2 rings (SSSR count). The van der Waals surface area contributed by atoms with Crippen LogP contribution in [0.25, 0.3) is 0 Å². The summed E-state index contributed by atoms with van der Waals surface area (Å²) in [5.74, 6) is 1.58. The van der Waals surface area contributed by atoms with Crippen molar-refractivity contribution in [3.05, 3.63) is 29.8 Å². The van der Waals surface area contributed by atoms with E-state index in [-0.39, 0.29) is 0 Å². The number of ether oxygens (including phenoxy) is 1. The third-order valence-electron chi connectivity index (χ3n) is 3.38. The summed E-state index contributed by atoms with van der Waals surface area (Å²) in [4.78, 5) is 0. The molecule has 0 unspecified atom stereocenters. The zero-order valence-electron chi connectivity index (χ0n) is 11.6. The van der Waals surface area contributed by atoms with E-state index >= 15 is 0 Å². The van der Waals surface area contributed by atoms with Crippen molar-refractivity contribution in [1.29, 1.82) is 0 Å². The quantitative estimate of drug-likeness (QED) is 0.707. The lowest BCUT2D eigenvalue weighted by atomic mass is 10.0. The minimum absolute atomic E-state index is 0.526. The molecule has 1 N–H and O–H groups in total. The summed E-state index contributed by atoms with van der Waals surface area (Å²) >= 11 is 0. The van der Waals surface area contributed by atoms with Gasteiger partial charge in [0, 0.05) is 6.04 Å². The van der Waals surface area contributed by atoms with Gasteiger partial charge in [-0.3, -0.25) is 0 Å². The number of benzene rings is 1. The molecular formula is C16H25NO. The van der Waals surface area contributed by atoms with Gasteiger partial charge < -0.3 is 10.1 Å². The fourth-order valence-corrected chi connectivity index (χ4v) is 2.09. The summed E-state index contributed by atoms with van der Waals surface area (Å²) < 4.78 is 5.89. The molecule has 1 aliphatic rings. The molecule has 1 aromatic rings. The van der Waals surface area contributed by atoms with Crippen LogP contribution in [0.1, 0.15) is 51.0 Å². The van der Waals surface area contributed by atoms with Gasteiger partial charge >= 0.3 is 0 Å². The van der Waals surface area contributed by atoms with E-state index < -0.39 is 0 Å². The largest absolute Gasteiger partial charge is 0.493 e. The number of rotatable bonds is 8. The lowest BCUT2D eigenvalue weighted by Gasteiger charge is -2.13. The molecule has 2 nitrogen and oxygen atoms in total. The monoisotopic (exact) mass is 247 g/mol. The van der Waals surface area contributed by atoms with Gasteiger partial charge in [-0.25, -0.2) is 0 Å². The van der Waals surface area contributed by atoms with Crippen LogP contribution in [0.3, 0.4) is 0 Å². The smallest absolute Gasteiger partial charge is 0.122 e. The SMILES string of the molecule is CC(C)c1ccccc1OCCCCNC1CC1. The Morgan fingerprint density at radius 2 is 2.00 bits per heavy atom. The Bertz CT molecular complexity index is 358. The zero-order chi connectivity index (χ0) is 12.8. The molecular weight excluding hydrogens is 222 g/mol. The molecule has 1 aromatic carbocycles. The maximum Gasteiger partial charge on any atom is 0.122 e. The summed E-state index contributed by atoms with van der Waals surface area (Å²) in [5, 5.41) is 3.53. The molecule has 1 fully saturated rings. The predicted octanol–water partition coefficient (Wildman–Crippen LogP) is 3.72. The first-order chi connectivity index (χ1) is 8.77. The van der Waals surface area contributed by atoms with Crippen LogP contribution in [0.5, 0.6) is 5.75 Å². The van der Waals surface area contributed by atoms with Crippen LogP contribution in [-0.4, -0.2) is 19.2 Å². The van der Waals surface area contributed by atoms with E-state index in [2.05, 4.69) is 43.4 Å². The molecule has 18 heavy (non-hydrogen) atoms. The fraction of sp³-hybridized carbons (Fsp3) is 0.625. The molecule has 100 valence electrons. The van der Waals surface area contributed by atoms with Gasteiger partial charge in [0.25, 0.3) is 0 Å². The van der Waals surface area contributed by atoms with Gasteiger partial charge in [-0.15, -0.1) is 0 Å². The maximum absolute atomic E-state index is 5.89. The topological polar surface area (TPSA) is 21.3 Å². The zero-order valence-corrected chi connectivity index (χ0v) is 11.6. The summed E-state index contributed by atoms with van der Waals surface area (Å²) in [7, 11) is 0. The van der Waals surface area contributed by atoms with Crippen molar-refractivity contribution >= 4 is 0 Å². The Kier molecular flexibility index (Phi) is 5.06. The molecule has 0 saturated heterocycles. The molecule has 1 aliphatic carbocycles. The van der Waals surface area contributed by atoms with Gasteiger partial charge in [0.1, 0.15) is 5.75 Å². The van der Waals surface area contributed by atoms with Crippen molar-refractivity contribution in [3.63, 3.8) is 0 Å². The lowest BCUT2D eigenvalue weighted by molar-refractivity contribution is 0.301. The highest BCUT2D eigenvalue weighted by Crippen LogP contribution is 2.25. The number of hydrogen-bond donors (Lipinski definition) is 1. The van der Waals surface area contributed by atoms with Crippen molar-refractivity contribution in [2.75, 3.05) is 13.2 Å². The average molecular weight is 247 g/mol. The van der Waals surface area contributed by atoms with E-state index in [1.807, 2.05) is 0 Å². The second-order valence-corrected chi connectivity index (χ2v) is 5.48. The predicted molar refractivity (Wildman–Crippen MR) is 76.3 cm³/mol. The molecule has 0 heterocycles. The van der Waals surface area contributed by atoms with E-state index in [1.165, 1.54) is 24.8 Å². The first-order valence-electron chi connectivity index (χ1n) is 7.22. The molecule has 0 aromatic heterocycles. The number of hydrogen-bond acceptors (Lipinski definition) is 2. The lowest BCUT2D eigenvalue weighted by Crippen LogP contribution is -2.18. The van der Waals surface area contributed by atoms with Crippen LogP contribution in [-0.2, 0) is 0 Å². The Hall–Kier alpha value is -1.02. The normalized spacial score (nSPS) is 15.1. The van der Waals surface area contributed by atoms with Crippen LogP contribution in [0.2, 0.25) is 0 Å². The van der Waals surface area contributed by atoms with E-state index in [4.69, 9.17) is 4.74 Å². The summed E-state index contributed by atoms with van der Waals surface area (Å²) in [6.45, 7) is 6.39. The van der Waals surface area contributed by atoms with Crippen LogP contribution < -0.4 is 10.1 Å². The van der Waals surface area contributed by atoms with Gasteiger partial charge in [0.15, 0.2) is 0 Å². The first-order valence-corrected chi connectivity index (χ1v) is 7.22. The van der Waals surface area contributed by atoms with Crippen LogP contribution in [0, 0.1) is 0 Å². The van der Waals surface area contributed by atoms with Gasteiger partial charge in [-0.05, 0) is 49.8 Å². The minimum atomic E-state index is 0.526. The molecule has 0 atom stereocenters. The summed E-state index contributed by atoms with van der Waals surface area (Å²) in [5.41, 5.74) is 1.31. The third-order valence-corrected chi connectivity index (χ3v) is 3.38. The van der Waals surface area contributed by atoms with Crippen LogP contribution >= 0.6 is 0 Å². The van der Waals surface area contributed by atoms with E-state index in [0.29, 0.717) is 5.92 Å². The highest BCUT2D eigenvalue weighted by Gasteiger charge is 2.19. The van der Waals surface area contributed by atoms with Crippen molar-refractivity contribution in [1.82, 2.24) is 5.32 Å². The molecule has 0 spiro atoms. The standard InChI is InChI=1S/C16H25NO/c1-13(2)15-7-3-4-8-16(15)18-12-6-5-11-17-14-9-10-14/h3-4,7-8,13-14,17H,5-6,9-12H2,1-2H3. The molecule has 2 heteroatoms. The molecule has 0 aliphatic heterocycles.